The lowest BCUT2D eigenvalue weighted by Crippen LogP contribution is -2.35. The van der Waals surface area contributed by atoms with Crippen LogP contribution in [0.2, 0.25) is 0 Å². The minimum Gasteiger partial charge on any atom is -0.394 e. The highest BCUT2D eigenvalue weighted by Crippen LogP contribution is 2.28. The van der Waals surface area contributed by atoms with Crippen LogP contribution in [0, 0.1) is 12.7 Å². The van der Waals surface area contributed by atoms with Crippen LogP contribution in [-0.4, -0.2) is 49.0 Å². The number of rotatable bonds is 6. The Kier molecular flexibility index (Phi) is 6.00. The Hall–Kier alpha value is -3.17. The van der Waals surface area contributed by atoms with E-state index in [2.05, 4.69) is 20.8 Å². The maximum absolute atomic E-state index is 14.6. The molecule has 0 bridgehead atoms. The highest BCUT2D eigenvalue weighted by Gasteiger charge is 2.18. The van der Waals surface area contributed by atoms with Gasteiger partial charge in [0, 0.05) is 17.2 Å². The van der Waals surface area contributed by atoms with Crippen molar-refractivity contribution in [2.24, 2.45) is 0 Å². The van der Waals surface area contributed by atoms with E-state index in [-0.39, 0.29) is 18.0 Å². The van der Waals surface area contributed by atoms with E-state index < -0.39 is 23.9 Å². The second-order valence-electron chi connectivity index (χ2n) is 6.93. The van der Waals surface area contributed by atoms with Crippen LogP contribution < -0.4 is 5.32 Å². The van der Waals surface area contributed by atoms with Gasteiger partial charge in [-0.1, -0.05) is 12.1 Å². The van der Waals surface area contributed by atoms with Gasteiger partial charge in [0.1, 0.15) is 11.9 Å². The molecule has 8 nitrogen and oxygen atoms in total. The molecule has 3 N–H and O–H groups in total. The second kappa shape index (κ2) is 8.46. The molecule has 1 unspecified atom stereocenters. The molecule has 1 amide bonds. The lowest BCUT2D eigenvalue weighted by atomic mass is 9.99. The number of carbonyl (C=O) groups is 1. The highest BCUT2D eigenvalue weighted by atomic mass is 19.1. The molecule has 2 aromatic carbocycles. The van der Waals surface area contributed by atoms with Crippen LogP contribution in [-0.2, 0) is 0 Å². The van der Waals surface area contributed by atoms with Crippen LogP contribution in [0.3, 0.4) is 0 Å². The third kappa shape index (κ3) is 4.47. The van der Waals surface area contributed by atoms with Crippen LogP contribution in [0.15, 0.2) is 36.4 Å². The largest absolute Gasteiger partial charge is 0.394 e. The van der Waals surface area contributed by atoms with Crippen molar-refractivity contribution in [3.8, 4) is 16.8 Å². The number of nitrogens with one attached hydrogen (secondary N) is 1. The fourth-order valence-electron chi connectivity index (χ4n) is 2.87. The van der Waals surface area contributed by atoms with Gasteiger partial charge in [-0.3, -0.25) is 4.79 Å². The first-order valence-corrected chi connectivity index (χ1v) is 9.10. The zero-order chi connectivity index (χ0) is 21.1. The molecule has 2 atom stereocenters. The van der Waals surface area contributed by atoms with Gasteiger partial charge in [0.05, 0.1) is 12.3 Å². The average molecular weight is 399 g/mol. The van der Waals surface area contributed by atoms with Crippen LogP contribution in [0.4, 0.5) is 4.39 Å². The number of nitrogens with zero attached hydrogens (tertiary/aromatic N) is 4. The molecule has 152 valence electrons. The van der Waals surface area contributed by atoms with Crippen molar-refractivity contribution in [1.29, 1.82) is 0 Å². The lowest BCUT2D eigenvalue weighted by molar-refractivity contribution is 0.0922. The maximum Gasteiger partial charge on any atom is 0.251 e. The Morgan fingerprint density at radius 3 is 2.66 bits per heavy atom. The van der Waals surface area contributed by atoms with Gasteiger partial charge >= 0.3 is 0 Å². The van der Waals surface area contributed by atoms with Crippen molar-refractivity contribution in [2.75, 3.05) is 6.61 Å². The summed E-state index contributed by atoms with van der Waals surface area (Å²) >= 11 is 0. The van der Waals surface area contributed by atoms with E-state index in [1.165, 1.54) is 23.7 Å². The van der Waals surface area contributed by atoms with E-state index in [4.69, 9.17) is 0 Å². The molecule has 0 aliphatic heterocycles. The van der Waals surface area contributed by atoms with E-state index in [0.29, 0.717) is 16.8 Å². The SMILES string of the molecule is Cc1ccc(-c2cc(C(=O)NC(C)CO)cc(-n3nnnc3[C@H](C)O)c2)c(F)c1. The van der Waals surface area contributed by atoms with Crippen molar-refractivity contribution in [2.45, 2.75) is 32.9 Å². The Morgan fingerprint density at radius 1 is 1.24 bits per heavy atom. The number of aromatic nitrogens is 4. The summed E-state index contributed by atoms with van der Waals surface area (Å²) in [7, 11) is 0. The normalized spacial score (nSPS) is 13.2. The number of hydrogen-bond acceptors (Lipinski definition) is 6. The number of carbonyl (C=O) groups excluding carboxylic acids is 1. The van der Waals surface area contributed by atoms with Gasteiger partial charge in [-0.05, 0) is 66.6 Å². The Bertz CT molecular complexity index is 1030. The fourth-order valence-corrected chi connectivity index (χ4v) is 2.87. The summed E-state index contributed by atoms with van der Waals surface area (Å²) in [5.41, 5.74) is 2.17. The number of halogens is 1. The summed E-state index contributed by atoms with van der Waals surface area (Å²) in [5.74, 6) is -0.680. The molecule has 9 heteroatoms. The zero-order valence-corrected chi connectivity index (χ0v) is 16.3. The quantitative estimate of drug-likeness (QED) is 0.584. The standard InChI is InChI=1S/C20H22FN5O3/c1-11-4-5-17(18(21)6-11)14-7-15(20(29)22-12(2)10-27)9-16(8-14)26-19(13(3)28)23-24-25-26/h4-9,12-13,27-28H,10H2,1-3H3,(H,22,29)/t12?,13-/m0/s1. The number of amides is 1. The topological polar surface area (TPSA) is 113 Å². The minimum atomic E-state index is -0.948. The Balaban J connectivity index is 2.16. The molecular weight excluding hydrogens is 377 g/mol. The van der Waals surface area contributed by atoms with Crippen molar-refractivity contribution in [1.82, 2.24) is 25.5 Å². The monoisotopic (exact) mass is 399 g/mol. The number of tetrazole rings is 1. The summed E-state index contributed by atoms with van der Waals surface area (Å²) in [5, 5.41) is 33.1. The van der Waals surface area contributed by atoms with Crippen molar-refractivity contribution in [3.63, 3.8) is 0 Å². The van der Waals surface area contributed by atoms with Gasteiger partial charge in [-0.15, -0.1) is 5.10 Å². The fraction of sp³-hybridized carbons (Fsp3) is 0.300. The molecule has 29 heavy (non-hydrogen) atoms. The third-order valence-corrected chi connectivity index (χ3v) is 4.38. The molecule has 3 aromatic rings. The molecule has 1 aromatic heterocycles. The van der Waals surface area contributed by atoms with E-state index in [1.54, 1.807) is 38.1 Å². The van der Waals surface area contributed by atoms with E-state index in [1.807, 2.05) is 0 Å². The molecule has 0 aliphatic carbocycles. The summed E-state index contributed by atoms with van der Waals surface area (Å²) in [6.07, 6.45) is -0.948. The van der Waals surface area contributed by atoms with Crippen molar-refractivity contribution >= 4 is 5.91 Å². The summed E-state index contributed by atoms with van der Waals surface area (Å²) in [4.78, 5) is 12.7. The Labute approximate surface area is 167 Å². The maximum atomic E-state index is 14.6. The zero-order valence-electron chi connectivity index (χ0n) is 16.3. The molecule has 3 rings (SSSR count). The van der Waals surface area contributed by atoms with E-state index in [0.717, 1.165) is 5.56 Å². The molecular formula is C20H22FN5O3. The number of aliphatic hydroxyl groups is 2. The molecule has 0 saturated heterocycles. The molecule has 1 heterocycles. The van der Waals surface area contributed by atoms with E-state index in [9.17, 15) is 19.4 Å². The predicted molar refractivity (Wildman–Crippen MR) is 104 cm³/mol. The number of hydrogen-bond donors (Lipinski definition) is 3. The average Bonchev–Trinajstić information content (AvgIpc) is 3.17. The number of aliphatic hydroxyl groups excluding tert-OH is 2. The van der Waals surface area contributed by atoms with Crippen LogP contribution >= 0.6 is 0 Å². The van der Waals surface area contributed by atoms with Crippen LogP contribution in [0.25, 0.3) is 16.8 Å². The van der Waals surface area contributed by atoms with Gasteiger partial charge in [0.15, 0.2) is 5.82 Å². The van der Waals surface area contributed by atoms with Gasteiger partial charge in [-0.2, -0.15) is 4.68 Å². The molecule has 0 aliphatic rings. The van der Waals surface area contributed by atoms with Gasteiger partial charge in [0.25, 0.3) is 5.91 Å². The molecule has 0 fully saturated rings. The third-order valence-electron chi connectivity index (χ3n) is 4.38. The number of benzene rings is 2. The summed E-state index contributed by atoms with van der Waals surface area (Å²) in [6.45, 7) is 4.75. The first-order chi connectivity index (χ1) is 13.8. The summed E-state index contributed by atoms with van der Waals surface area (Å²) < 4.78 is 15.9. The van der Waals surface area contributed by atoms with Crippen molar-refractivity contribution in [3.05, 3.63) is 59.2 Å². The van der Waals surface area contributed by atoms with Gasteiger partial charge < -0.3 is 15.5 Å². The van der Waals surface area contributed by atoms with Crippen LogP contribution in [0.5, 0.6) is 0 Å². The van der Waals surface area contributed by atoms with E-state index >= 15 is 0 Å². The van der Waals surface area contributed by atoms with Gasteiger partial charge in [-0.25, -0.2) is 4.39 Å². The van der Waals surface area contributed by atoms with Crippen LogP contribution in [0.1, 0.15) is 41.7 Å². The Morgan fingerprint density at radius 2 is 2.00 bits per heavy atom. The minimum absolute atomic E-state index is 0.182. The van der Waals surface area contributed by atoms with Gasteiger partial charge in [0.2, 0.25) is 0 Å². The lowest BCUT2D eigenvalue weighted by Gasteiger charge is -2.14. The first-order valence-electron chi connectivity index (χ1n) is 9.10. The van der Waals surface area contributed by atoms with Crippen molar-refractivity contribution < 1.29 is 19.4 Å². The smallest absolute Gasteiger partial charge is 0.251 e. The summed E-state index contributed by atoms with van der Waals surface area (Å²) in [6, 6.07) is 9.11. The molecule has 0 saturated carbocycles. The molecule has 0 radical (unpaired) electrons. The first kappa shape index (κ1) is 20.6. The highest BCUT2D eigenvalue weighted by molar-refractivity contribution is 5.96. The second-order valence-corrected chi connectivity index (χ2v) is 6.93. The predicted octanol–water partition coefficient (Wildman–Crippen LogP) is 1.94. The molecule has 0 spiro atoms. The number of aryl methyl sites for hydroxylation is 1.